The number of sulfonamides is 1. The minimum absolute atomic E-state index is 0.386. The van der Waals surface area contributed by atoms with E-state index in [2.05, 4.69) is 5.32 Å². The molecule has 128 valence electrons. The summed E-state index contributed by atoms with van der Waals surface area (Å²) in [5.41, 5.74) is 3.24. The normalized spacial score (nSPS) is 12.9. The molecule has 0 aromatic heterocycles. The first kappa shape index (κ1) is 18.2. The van der Waals surface area contributed by atoms with Crippen LogP contribution >= 0.6 is 0 Å². The van der Waals surface area contributed by atoms with Crippen molar-refractivity contribution in [3.8, 4) is 0 Å². The average molecular weight is 346 g/mol. The molecule has 0 spiro atoms. The summed E-state index contributed by atoms with van der Waals surface area (Å²) in [6.07, 6.45) is 1.09. The number of likely N-dealkylation sites (N-methyl/N-ethyl adjacent to an activating group) is 1. The summed E-state index contributed by atoms with van der Waals surface area (Å²) in [7, 11) is -2.12. The van der Waals surface area contributed by atoms with Gasteiger partial charge in [0.15, 0.2) is 0 Å². The highest BCUT2D eigenvalue weighted by Gasteiger charge is 2.30. The van der Waals surface area contributed by atoms with Gasteiger partial charge in [-0.2, -0.15) is 4.31 Å². The van der Waals surface area contributed by atoms with Crippen LogP contribution in [0.2, 0.25) is 0 Å². The van der Waals surface area contributed by atoms with Crippen LogP contribution in [-0.2, 0) is 14.8 Å². The van der Waals surface area contributed by atoms with Gasteiger partial charge in [-0.15, -0.1) is 0 Å². The molecule has 2 rings (SSSR count). The summed E-state index contributed by atoms with van der Waals surface area (Å²) in [6, 6.07) is 13.7. The van der Waals surface area contributed by atoms with Crippen LogP contribution in [0.1, 0.15) is 22.7 Å². The molecule has 0 saturated heterocycles. The van der Waals surface area contributed by atoms with Crippen molar-refractivity contribution in [2.45, 2.75) is 19.9 Å². The number of rotatable bonds is 5. The van der Waals surface area contributed by atoms with Crippen molar-refractivity contribution in [1.29, 1.82) is 0 Å². The minimum Gasteiger partial charge on any atom is -0.324 e. The van der Waals surface area contributed by atoms with Crippen LogP contribution in [-0.4, -0.2) is 31.9 Å². The highest BCUT2D eigenvalue weighted by Crippen LogP contribution is 2.25. The van der Waals surface area contributed by atoms with Gasteiger partial charge in [0.1, 0.15) is 6.04 Å². The number of aryl methyl sites for hydroxylation is 2. The van der Waals surface area contributed by atoms with E-state index in [0.29, 0.717) is 11.3 Å². The first-order valence-corrected chi connectivity index (χ1v) is 9.41. The fourth-order valence-electron chi connectivity index (χ4n) is 2.42. The van der Waals surface area contributed by atoms with Crippen molar-refractivity contribution in [2.24, 2.45) is 0 Å². The smallest absolute Gasteiger partial charge is 0.247 e. The first-order chi connectivity index (χ1) is 11.2. The molecule has 0 bridgehead atoms. The van der Waals surface area contributed by atoms with Crippen molar-refractivity contribution < 1.29 is 13.2 Å². The van der Waals surface area contributed by atoms with Gasteiger partial charge in [0.25, 0.3) is 0 Å². The summed E-state index contributed by atoms with van der Waals surface area (Å²) in [6.45, 7) is 3.83. The highest BCUT2D eigenvalue weighted by molar-refractivity contribution is 7.88. The predicted octanol–water partition coefficient (Wildman–Crippen LogP) is 2.87. The van der Waals surface area contributed by atoms with Crippen LogP contribution in [0.25, 0.3) is 0 Å². The number of carbonyl (C=O) groups is 1. The lowest BCUT2D eigenvalue weighted by atomic mass is 10.1. The topological polar surface area (TPSA) is 66.5 Å². The predicted molar refractivity (Wildman–Crippen MR) is 96.3 cm³/mol. The number of amides is 1. The summed E-state index contributed by atoms with van der Waals surface area (Å²) >= 11 is 0. The Morgan fingerprint density at radius 3 is 2.29 bits per heavy atom. The second-order valence-corrected chi connectivity index (χ2v) is 7.94. The van der Waals surface area contributed by atoms with Gasteiger partial charge in [0, 0.05) is 12.7 Å². The van der Waals surface area contributed by atoms with Gasteiger partial charge in [-0.05, 0) is 36.6 Å². The molecule has 2 aromatic carbocycles. The summed E-state index contributed by atoms with van der Waals surface area (Å²) in [5, 5.41) is 2.86. The molecule has 0 aliphatic heterocycles. The van der Waals surface area contributed by atoms with Gasteiger partial charge in [0.2, 0.25) is 15.9 Å². The Labute approximate surface area is 143 Å². The fourth-order valence-corrected chi connectivity index (χ4v) is 3.03. The van der Waals surface area contributed by atoms with E-state index >= 15 is 0 Å². The molecule has 0 aliphatic rings. The summed E-state index contributed by atoms with van der Waals surface area (Å²) < 4.78 is 25.0. The van der Waals surface area contributed by atoms with Crippen LogP contribution in [0.15, 0.2) is 48.5 Å². The summed E-state index contributed by atoms with van der Waals surface area (Å²) in [5.74, 6) is -0.386. The summed E-state index contributed by atoms with van der Waals surface area (Å²) in [4.78, 5) is 12.8. The Balaban J connectivity index is 2.40. The number of hydrogen-bond donors (Lipinski definition) is 1. The van der Waals surface area contributed by atoms with Crippen LogP contribution in [0.4, 0.5) is 5.69 Å². The molecule has 5 nitrogen and oxygen atoms in total. The lowest BCUT2D eigenvalue weighted by molar-refractivity contribution is -0.119. The third-order valence-corrected chi connectivity index (χ3v) is 5.16. The number of carbonyl (C=O) groups excluding carboxylic acids is 1. The first-order valence-electron chi connectivity index (χ1n) is 7.56. The van der Waals surface area contributed by atoms with Crippen molar-refractivity contribution in [3.63, 3.8) is 0 Å². The highest BCUT2D eigenvalue weighted by atomic mass is 32.2. The van der Waals surface area contributed by atoms with Gasteiger partial charge < -0.3 is 5.32 Å². The zero-order chi connectivity index (χ0) is 17.9. The Kier molecular flexibility index (Phi) is 5.41. The van der Waals surface area contributed by atoms with E-state index in [1.807, 2.05) is 38.1 Å². The van der Waals surface area contributed by atoms with E-state index in [1.165, 1.54) is 7.05 Å². The zero-order valence-corrected chi connectivity index (χ0v) is 15.1. The SMILES string of the molecule is Cc1ccc(C)c(NC(=O)[C@H](c2ccccc2)N(C)S(C)(=O)=O)c1. The Hall–Kier alpha value is -2.18. The Bertz CT molecular complexity index is 833. The molecule has 24 heavy (non-hydrogen) atoms. The number of benzene rings is 2. The number of nitrogens with one attached hydrogen (secondary N) is 1. The van der Waals surface area contributed by atoms with Crippen molar-refractivity contribution in [1.82, 2.24) is 4.31 Å². The minimum atomic E-state index is -3.53. The van der Waals surface area contributed by atoms with Crippen LogP contribution < -0.4 is 5.32 Å². The van der Waals surface area contributed by atoms with E-state index in [1.54, 1.807) is 24.3 Å². The Morgan fingerprint density at radius 1 is 1.08 bits per heavy atom. The molecule has 6 heteroatoms. The Morgan fingerprint density at radius 2 is 1.71 bits per heavy atom. The third-order valence-electron chi connectivity index (χ3n) is 3.90. The lowest BCUT2D eigenvalue weighted by Gasteiger charge is -2.26. The van der Waals surface area contributed by atoms with E-state index in [-0.39, 0.29) is 5.91 Å². The molecule has 1 N–H and O–H groups in total. The van der Waals surface area contributed by atoms with E-state index in [4.69, 9.17) is 0 Å². The second kappa shape index (κ2) is 7.15. The third kappa shape index (κ3) is 4.21. The van der Waals surface area contributed by atoms with Crippen molar-refractivity contribution in [3.05, 3.63) is 65.2 Å². The van der Waals surface area contributed by atoms with Gasteiger partial charge in [-0.1, -0.05) is 42.5 Å². The van der Waals surface area contributed by atoms with Crippen molar-refractivity contribution >= 4 is 21.6 Å². The quantitative estimate of drug-likeness (QED) is 0.905. The zero-order valence-electron chi connectivity index (χ0n) is 14.3. The lowest BCUT2D eigenvalue weighted by Crippen LogP contribution is -2.38. The van der Waals surface area contributed by atoms with Gasteiger partial charge >= 0.3 is 0 Å². The van der Waals surface area contributed by atoms with Crippen LogP contribution in [0.5, 0.6) is 0 Å². The molecular weight excluding hydrogens is 324 g/mol. The van der Waals surface area contributed by atoms with Gasteiger partial charge in [-0.3, -0.25) is 4.79 Å². The molecule has 1 amide bonds. The standard InChI is InChI=1S/C18H22N2O3S/c1-13-10-11-14(2)16(12-13)19-18(21)17(20(3)24(4,22)23)15-8-6-5-7-9-15/h5-12,17H,1-4H3,(H,19,21)/t17-/m0/s1. The maximum absolute atomic E-state index is 12.8. The molecule has 0 fully saturated rings. The van der Waals surface area contributed by atoms with E-state index < -0.39 is 16.1 Å². The van der Waals surface area contributed by atoms with E-state index in [9.17, 15) is 13.2 Å². The van der Waals surface area contributed by atoms with Crippen molar-refractivity contribution in [2.75, 3.05) is 18.6 Å². The number of anilines is 1. The molecule has 0 saturated carbocycles. The molecular formula is C18H22N2O3S. The molecule has 0 unspecified atom stereocenters. The average Bonchev–Trinajstić information content (AvgIpc) is 2.51. The number of nitrogens with zero attached hydrogens (tertiary/aromatic N) is 1. The molecule has 0 radical (unpaired) electrons. The molecule has 1 atom stereocenters. The maximum Gasteiger partial charge on any atom is 0.247 e. The van der Waals surface area contributed by atoms with Crippen LogP contribution in [0.3, 0.4) is 0 Å². The van der Waals surface area contributed by atoms with Crippen LogP contribution in [0, 0.1) is 13.8 Å². The number of hydrogen-bond acceptors (Lipinski definition) is 3. The van der Waals surface area contributed by atoms with E-state index in [0.717, 1.165) is 21.7 Å². The van der Waals surface area contributed by atoms with Gasteiger partial charge in [-0.25, -0.2) is 8.42 Å². The maximum atomic E-state index is 12.8. The second-order valence-electron chi connectivity index (χ2n) is 5.90. The molecule has 2 aromatic rings. The largest absolute Gasteiger partial charge is 0.324 e. The van der Waals surface area contributed by atoms with Gasteiger partial charge in [0.05, 0.1) is 6.26 Å². The monoisotopic (exact) mass is 346 g/mol. The molecule has 0 aliphatic carbocycles. The molecule has 0 heterocycles. The fraction of sp³-hybridized carbons (Fsp3) is 0.278.